The minimum atomic E-state index is -4.54. The second kappa shape index (κ2) is 10.7. The van der Waals surface area contributed by atoms with Crippen molar-refractivity contribution >= 4 is 28.3 Å². The van der Waals surface area contributed by atoms with Crippen molar-refractivity contribution in [3.63, 3.8) is 0 Å². The third-order valence-corrected chi connectivity index (χ3v) is 7.99. The number of anilines is 1. The monoisotopic (exact) mass is 556 g/mol. The molecule has 2 fully saturated rings. The molecule has 212 valence electrons. The van der Waals surface area contributed by atoms with Gasteiger partial charge in [-0.25, -0.2) is 14.5 Å². The van der Waals surface area contributed by atoms with Crippen LogP contribution in [0.25, 0.3) is 27.7 Å². The molecule has 3 N–H and O–H groups in total. The van der Waals surface area contributed by atoms with Crippen LogP contribution < -0.4 is 10.6 Å². The average Bonchev–Trinajstić information content (AvgIpc) is 3.58. The van der Waals surface area contributed by atoms with Crippen LogP contribution in [0.3, 0.4) is 0 Å². The number of rotatable bonds is 6. The number of nitrogens with one attached hydrogen (secondary N) is 3. The quantitative estimate of drug-likeness (QED) is 0.329. The van der Waals surface area contributed by atoms with Crippen LogP contribution in [-0.2, 0) is 4.74 Å². The standard InChI is InChI=1S/C27H31F3N8O2/c1-16(27(28,29)30)35-26(39)21-14-34-38-7-6-17(12-22(21)38)20-13-31-24-23(20)25(33-15-32-24)36-18-2-4-19(5-3-18)37-8-10-40-11-9-37/h6-7,12-16,18-19H,2-5,8-11H2,1H3,(H,35,39)(H2,31,32,33,36)/t16?,18-,19-. The maximum Gasteiger partial charge on any atom is 0.408 e. The summed E-state index contributed by atoms with van der Waals surface area (Å²) in [6.45, 7) is 4.50. The molecule has 1 unspecified atom stereocenters. The number of amides is 1. The van der Waals surface area contributed by atoms with Crippen molar-refractivity contribution in [3.8, 4) is 11.1 Å². The van der Waals surface area contributed by atoms with Gasteiger partial charge in [-0.1, -0.05) is 0 Å². The van der Waals surface area contributed by atoms with Crippen LogP contribution in [0.4, 0.5) is 19.0 Å². The zero-order valence-electron chi connectivity index (χ0n) is 22.0. The maximum atomic E-state index is 13.0. The lowest BCUT2D eigenvalue weighted by Gasteiger charge is -2.39. The summed E-state index contributed by atoms with van der Waals surface area (Å²) in [7, 11) is 0. The molecule has 40 heavy (non-hydrogen) atoms. The van der Waals surface area contributed by atoms with Gasteiger partial charge in [-0.15, -0.1) is 0 Å². The highest BCUT2D eigenvalue weighted by Crippen LogP contribution is 2.35. The Morgan fingerprint density at radius 2 is 1.95 bits per heavy atom. The summed E-state index contributed by atoms with van der Waals surface area (Å²) in [4.78, 5) is 27.4. The minimum absolute atomic E-state index is 0.0596. The number of pyridine rings is 1. The number of ether oxygens (including phenoxy) is 1. The van der Waals surface area contributed by atoms with E-state index in [9.17, 15) is 18.0 Å². The Bertz CT molecular complexity index is 1500. The highest BCUT2D eigenvalue weighted by molar-refractivity contribution is 6.04. The van der Waals surface area contributed by atoms with Crippen LogP contribution in [-0.4, -0.2) is 86.0 Å². The van der Waals surface area contributed by atoms with Crippen molar-refractivity contribution in [3.05, 3.63) is 42.6 Å². The smallest absolute Gasteiger partial charge is 0.379 e. The maximum absolute atomic E-state index is 13.0. The third-order valence-electron chi connectivity index (χ3n) is 7.99. The molecule has 1 aliphatic heterocycles. The number of carbonyl (C=O) groups is 1. The largest absolute Gasteiger partial charge is 0.408 e. The molecule has 0 aromatic carbocycles. The number of H-pyrrole nitrogens is 1. The Labute approximate surface area is 228 Å². The van der Waals surface area contributed by atoms with E-state index in [1.165, 1.54) is 17.0 Å². The lowest BCUT2D eigenvalue weighted by Crippen LogP contribution is -2.46. The van der Waals surface area contributed by atoms with Crippen LogP contribution in [0.1, 0.15) is 43.0 Å². The molecular formula is C27H31F3N8O2. The number of hydrogen-bond donors (Lipinski definition) is 3. The van der Waals surface area contributed by atoms with Gasteiger partial charge in [-0.3, -0.25) is 9.69 Å². The minimum Gasteiger partial charge on any atom is -0.379 e. The number of aromatic nitrogens is 5. The molecule has 2 aliphatic rings. The fraction of sp³-hybridized carbons (Fsp3) is 0.481. The number of nitrogens with zero attached hydrogens (tertiary/aromatic N) is 5. The van der Waals surface area contributed by atoms with Gasteiger partial charge in [0.2, 0.25) is 0 Å². The first kappa shape index (κ1) is 26.5. The molecule has 0 spiro atoms. The summed E-state index contributed by atoms with van der Waals surface area (Å²) >= 11 is 0. The van der Waals surface area contributed by atoms with Gasteiger partial charge in [0, 0.05) is 43.1 Å². The molecule has 0 radical (unpaired) electrons. The van der Waals surface area contributed by atoms with Gasteiger partial charge in [0.15, 0.2) is 0 Å². The molecule has 1 atom stereocenters. The number of morpholine rings is 1. The zero-order valence-corrected chi connectivity index (χ0v) is 22.0. The van der Waals surface area contributed by atoms with Gasteiger partial charge in [0.1, 0.15) is 23.8 Å². The van der Waals surface area contributed by atoms with E-state index in [4.69, 9.17) is 4.74 Å². The number of hydrogen-bond acceptors (Lipinski definition) is 7. The van der Waals surface area contributed by atoms with Gasteiger partial charge in [-0.05, 0) is 50.3 Å². The van der Waals surface area contributed by atoms with E-state index in [1.807, 2.05) is 17.6 Å². The zero-order chi connectivity index (χ0) is 27.9. The van der Waals surface area contributed by atoms with Crippen molar-refractivity contribution in [2.75, 3.05) is 31.6 Å². The normalized spacial score (nSPS) is 21.5. The van der Waals surface area contributed by atoms with Crippen LogP contribution in [0.2, 0.25) is 0 Å². The molecule has 1 saturated heterocycles. The number of alkyl halides is 3. The van der Waals surface area contributed by atoms with Crippen LogP contribution in [0.5, 0.6) is 0 Å². The number of halogens is 3. The molecule has 6 rings (SSSR count). The second-order valence-corrected chi connectivity index (χ2v) is 10.5. The van der Waals surface area contributed by atoms with E-state index in [0.717, 1.165) is 81.2 Å². The molecule has 1 saturated carbocycles. The SMILES string of the molecule is CC(NC(=O)c1cnn2ccc(-c3c[nH]c4ncnc(N[C@H]5CC[C@H](N6CCOCC6)CC5)c34)cc12)C(F)(F)F. The Balaban J connectivity index is 1.24. The Kier molecular flexibility index (Phi) is 7.09. The molecule has 5 heterocycles. The summed E-state index contributed by atoms with van der Waals surface area (Å²) in [5, 5.41) is 10.6. The van der Waals surface area contributed by atoms with Crippen molar-refractivity contribution in [1.29, 1.82) is 0 Å². The first-order valence-corrected chi connectivity index (χ1v) is 13.5. The lowest BCUT2D eigenvalue weighted by molar-refractivity contribution is -0.149. The van der Waals surface area contributed by atoms with Gasteiger partial charge >= 0.3 is 6.18 Å². The Morgan fingerprint density at radius 1 is 1.18 bits per heavy atom. The highest BCUT2D eigenvalue weighted by atomic mass is 19.4. The lowest BCUT2D eigenvalue weighted by atomic mass is 9.90. The molecule has 1 amide bonds. The van der Waals surface area contributed by atoms with E-state index in [-0.39, 0.29) is 11.6 Å². The molecule has 0 bridgehead atoms. The molecule has 10 nitrogen and oxygen atoms in total. The van der Waals surface area contributed by atoms with Gasteiger partial charge < -0.3 is 20.4 Å². The fourth-order valence-corrected chi connectivity index (χ4v) is 5.70. The predicted molar refractivity (Wildman–Crippen MR) is 143 cm³/mol. The first-order valence-electron chi connectivity index (χ1n) is 13.5. The van der Waals surface area contributed by atoms with Crippen LogP contribution >= 0.6 is 0 Å². The summed E-state index contributed by atoms with van der Waals surface area (Å²) in [5.41, 5.74) is 2.70. The molecule has 4 aromatic rings. The number of carbonyl (C=O) groups excluding carboxylic acids is 1. The van der Waals surface area contributed by atoms with Crippen molar-refractivity contribution in [2.24, 2.45) is 0 Å². The molecule has 1 aliphatic carbocycles. The summed E-state index contributed by atoms with van der Waals surface area (Å²) in [6.07, 6.45) is 6.05. The van der Waals surface area contributed by atoms with E-state index in [1.54, 1.807) is 12.3 Å². The highest BCUT2D eigenvalue weighted by Gasteiger charge is 2.37. The number of fused-ring (bicyclic) bond motifs is 2. The van der Waals surface area contributed by atoms with Crippen LogP contribution in [0.15, 0.2) is 37.1 Å². The van der Waals surface area contributed by atoms with E-state index in [2.05, 4.69) is 30.3 Å². The van der Waals surface area contributed by atoms with Crippen molar-refractivity contribution < 1.29 is 22.7 Å². The van der Waals surface area contributed by atoms with E-state index < -0.39 is 18.1 Å². The summed E-state index contributed by atoms with van der Waals surface area (Å²) < 4.78 is 46.0. The second-order valence-electron chi connectivity index (χ2n) is 10.5. The Morgan fingerprint density at radius 3 is 2.70 bits per heavy atom. The number of aromatic amines is 1. The van der Waals surface area contributed by atoms with Crippen molar-refractivity contribution in [1.82, 2.24) is 34.8 Å². The predicted octanol–water partition coefficient (Wildman–Crippen LogP) is 4.01. The topological polar surface area (TPSA) is 112 Å². The van der Waals surface area contributed by atoms with E-state index in [0.29, 0.717) is 17.2 Å². The molecular weight excluding hydrogens is 525 g/mol. The van der Waals surface area contributed by atoms with Gasteiger partial charge in [0.25, 0.3) is 5.91 Å². The van der Waals surface area contributed by atoms with Gasteiger partial charge in [-0.2, -0.15) is 18.3 Å². The van der Waals surface area contributed by atoms with Gasteiger partial charge in [0.05, 0.1) is 35.9 Å². The fourth-order valence-electron chi connectivity index (χ4n) is 5.70. The average molecular weight is 557 g/mol. The Hall–Kier alpha value is -3.71. The van der Waals surface area contributed by atoms with E-state index >= 15 is 0 Å². The first-order chi connectivity index (χ1) is 19.3. The molecule has 13 heteroatoms. The van der Waals surface area contributed by atoms with Crippen molar-refractivity contribution in [2.45, 2.75) is 56.9 Å². The molecule has 4 aromatic heterocycles. The summed E-state index contributed by atoms with van der Waals surface area (Å²) in [5.74, 6) is -0.115. The summed E-state index contributed by atoms with van der Waals surface area (Å²) in [6, 6.07) is 2.46. The third kappa shape index (κ3) is 5.22. The van der Waals surface area contributed by atoms with Crippen LogP contribution in [0, 0.1) is 0 Å².